The van der Waals surface area contributed by atoms with Crippen LogP contribution < -0.4 is 4.74 Å². The minimum Gasteiger partial charge on any atom is -0.494 e. The molecule has 0 aliphatic heterocycles. The molecule has 1 aromatic heterocycles. The number of H-pyrrole nitrogens is 1. The summed E-state index contributed by atoms with van der Waals surface area (Å²) in [6.07, 6.45) is 2.60. The van der Waals surface area contributed by atoms with Gasteiger partial charge in [0.05, 0.1) is 18.1 Å². The zero-order valence-corrected chi connectivity index (χ0v) is 13.2. The first-order valence-electron chi connectivity index (χ1n) is 7.34. The number of likely N-dealkylation sites (N-methyl/N-ethyl adjacent to an activating group) is 1. The lowest BCUT2D eigenvalue weighted by atomic mass is 10.3. The fraction of sp³-hybridized carbons (Fsp3) is 0.533. The van der Waals surface area contributed by atoms with E-state index in [1.807, 2.05) is 4.57 Å². The van der Waals surface area contributed by atoms with Gasteiger partial charge in [-0.15, -0.1) is 0 Å². The molecular formula is C15H20FN3OS. The Morgan fingerprint density at radius 3 is 2.86 bits per heavy atom. The van der Waals surface area contributed by atoms with Gasteiger partial charge in [0.2, 0.25) is 0 Å². The van der Waals surface area contributed by atoms with Gasteiger partial charge in [0.25, 0.3) is 0 Å². The van der Waals surface area contributed by atoms with Crippen LogP contribution in [-0.2, 0) is 6.54 Å². The Morgan fingerprint density at radius 2 is 2.24 bits per heavy atom. The molecule has 21 heavy (non-hydrogen) atoms. The fourth-order valence-corrected chi connectivity index (χ4v) is 3.10. The van der Waals surface area contributed by atoms with Crippen molar-refractivity contribution in [3.8, 4) is 5.75 Å². The third-order valence-electron chi connectivity index (χ3n) is 4.13. The maximum absolute atomic E-state index is 13.7. The second-order valence-electron chi connectivity index (χ2n) is 5.45. The monoisotopic (exact) mass is 309 g/mol. The Hall–Kier alpha value is -1.40. The highest BCUT2D eigenvalue weighted by Gasteiger charge is 2.27. The number of hydrogen-bond acceptors (Lipinski definition) is 3. The van der Waals surface area contributed by atoms with Gasteiger partial charge in [-0.05, 0) is 31.6 Å². The number of aromatic nitrogens is 2. The van der Waals surface area contributed by atoms with Crippen molar-refractivity contribution in [1.29, 1.82) is 0 Å². The summed E-state index contributed by atoms with van der Waals surface area (Å²) in [5.74, 6) is -0.124. The Balaban J connectivity index is 1.90. The van der Waals surface area contributed by atoms with Crippen LogP contribution in [0.4, 0.5) is 4.39 Å². The minimum absolute atomic E-state index is 0.250. The van der Waals surface area contributed by atoms with Gasteiger partial charge >= 0.3 is 0 Å². The molecule has 3 rings (SSSR count). The van der Waals surface area contributed by atoms with Crippen LogP contribution in [0.3, 0.4) is 0 Å². The highest BCUT2D eigenvalue weighted by atomic mass is 32.1. The van der Waals surface area contributed by atoms with E-state index in [4.69, 9.17) is 17.0 Å². The van der Waals surface area contributed by atoms with Crippen LogP contribution in [0.25, 0.3) is 11.0 Å². The molecule has 1 saturated carbocycles. The molecule has 0 unspecified atom stereocenters. The molecule has 1 N–H and O–H groups in total. The number of imidazole rings is 1. The Kier molecular flexibility index (Phi) is 3.99. The summed E-state index contributed by atoms with van der Waals surface area (Å²) in [5.41, 5.74) is 1.61. The quantitative estimate of drug-likeness (QED) is 0.831. The van der Waals surface area contributed by atoms with Crippen LogP contribution in [0.1, 0.15) is 19.8 Å². The summed E-state index contributed by atoms with van der Waals surface area (Å²) in [5, 5.41) is 0. The number of methoxy groups -OCH3 is 1. The highest BCUT2D eigenvalue weighted by molar-refractivity contribution is 7.71. The predicted molar refractivity (Wildman–Crippen MR) is 83.9 cm³/mol. The van der Waals surface area contributed by atoms with Gasteiger partial charge in [-0.1, -0.05) is 6.92 Å². The number of nitrogens with one attached hydrogen (secondary N) is 1. The normalized spacial score (nSPS) is 15.0. The molecule has 1 aromatic carbocycles. The van der Waals surface area contributed by atoms with E-state index in [0.29, 0.717) is 10.3 Å². The molecule has 0 atom stereocenters. The largest absolute Gasteiger partial charge is 0.494 e. The summed E-state index contributed by atoms with van der Waals surface area (Å²) in [7, 11) is 1.47. The van der Waals surface area contributed by atoms with Crippen molar-refractivity contribution in [3.05, 3.63) is 22.7 Å². The molecule has 0 bridgehead atoms. The Morgan fingerprint density at radius 1 is 1.48 bits per heavy atom. The number of halogens is 1. The minimum atomic E-state index is -0.374. The first kappa shape index (κ1) is 14.5. The van der Waals surface area contributed by atoms with Gasteiger partial charge < -0.3 is 14.3 Å². The van der Waals surface area contributed by atoms with Crippen LogP contribution in [0.15, 0.2) is 12.1 Å². The molecule has 6 heteroatoms. The van der Waals surface area contributed by atoms with Gasteiger partial charge in [0, 0.05) is 31.3 Å². The van der Waals surface area contributed by atoms with Crippen LogP contribution in [0.5, 0.6) is 5.75 Å². The molecular weight excluding hydrogens is 289 g/mol. The van der Waals surface area contributed by atoms with E-state index in [1.54, 1.807) is 6.07 Å². The molecule has 2 aromatic rings. The highest BCUT2D eigenvalue weighted by Crippen LogP contribution is 2.27. The zero-order valence-electron chi connectivity index (χ0n) is 12.4. The van der Waals surface area contributed by atoms with E-state index in [9.17, 15) is 4.39 Å². The average Bonchev–Trinajstić information content (AvgIpc) is 3.25. The smallest absolute Gasteiger partial charge is 0.178 e. The van der Waals surface area contributed by atoms with Gasteiger partial charge in [-0.25, -0.2) is 4.39 Å². The van der Waals surface area contributed by atoms with Gasteiger partial charge in [-0.2, -0.15) is 0 Å². The first-order chi connectivity index (χ1) is 10.1. The van der Waals surface area contributed by atoms with Crippen molar-refractivity contribution >= 4 is 23.3 Å². The Labute approximate surface area is 128 Å². The molecule has 1 aliphatic carbocycles. The first-order valence-corrected chi connectivity index (χ1v) is 7.75. The van der Waals surface area contributed by atoms with E-state index in [2.05, 4.69) is 16.8 Å². The summed E-state index contributed by atoms with van der Waals surface area (Å²) in [6.45, 7) is 5.00. The summed E-state index contributed by atoms with van der Waals surface area (Å²) >= 11 is 5.37. The third kappa shape index (κ3) is 2.82. The van der Waals surface area contributed by atoms with Crippen molar-refractivity contribution in [2.24, 2.45) is 0 Å². The molecule has 0 saturated heterocycles. The van der Waals surface area contributed by atoms with E-state index in [1.165, 1.54) is 26.0 Å². The van der Waals surface area contributed by atoms with E-state index < -0.39 is 0 Å². The van der Waals surface area contributed by atoms with Crippen molar-refractivity contribution < 1.29 is 9.13 Å². The van der Waals surface area contributed by atoms with Gasteiger partial charge in [0.15, 0.2) is 16.3 Å². The molecule has 1 aliphatic rings. The van der Waals surface area contributed by atoms with Crippen molar-refractivity contribution in [2.45, 2.75) is 32.4 Å². The van der Waals surface area contributed by atoms with Crippen LogP contribution in [0, 0.1) is 10.6 Å². The van der Waals surface area contributed by atoms with Crippen LogP contribution in [-0.4, -0.2) is 40.7 Å². The van der Waals surface area contributed by atoms with Crippen molar-refractivity contribution in [1.82, 2.24) is 14.5 Å². The van der Waals surface area contributed by atoms with Crippen molar-refractivity contribution in [2.75, 3.05) is 20.2 Å². The number of ether oxygens (including phenoxy) is 1. The molecule has 1 heterocycles. The summed E-state index contributed by atoms with van der Waals surface area (Å²) in [4.78, 5) is 5.54. The number of aromatic amines is 1. The SMILES string of the molecule is CCN(CCn1c(=S)[nH]c2cc(F)c(OC)cc21)C1CC1. The van der Waals surface area contributed by atoms with Gasteiger partial charge in [0.1, 0.15) is 0 Å². The number of benzene rings is 1. The molecule has 4 nitrogen and oxygen atoms in total. The lowest BCUT2D eigenvalue weighted by Gasteiger charge is -2.20. The van der Waals surface area contributed by atoms with Crippen LogP contribution >= 0.6 is 12.2 Å². The molecule has 114 valence electrons. The topological polar surface area (TPSA) is 33.2 Å². The fourth-order valence-electron chi connectivity index (χ4n) is 2.80. The average molecular weight is 309 g/mol. The predicted octanol–water partition coefficient (Wildman–Crippen LogP) is 3.33. The molecule has 0 amide bonds. The molecule has 0 radical (unpaired) electrons. The maximum Gasteiger partial charge on any atom is 0.178 e. The second kappa shape index (κ2) is 5.77. The lowest BCUT2D eigenvalue weighted by molar-refractivity contribution is 0.267. The number of fused-ring (bicyclic) bond motifs is 1. The van der Waals surface area contributed by atoms with Gasteiger partial charge in [-0.3, -0.25) is 4.90 Å². The standard InChI is InChI=1S/C15H20FN3OS/c1-3-18(10-4-5-10)6-7-19-13-9-14(20-2)11(16)8-12(13)17-15(19)21/h8-10H,3-7H2,1-2H3,(H,17,21). The van der Waals surface area contributed by atoms with E-state index in [-0.39, 0.29) is 11.6 Å². The lowest BCUT2D eigenvalue weighted by Crippen LogP contribution is -2.29. The van der Waals surface area contributed by atoms with Crippen molar-refractivity contribution in [3.63, 3.8) is 0 Å². The number of hydrogen-bond donors (Lipinski definition) is 1. The Bertz CT molecular complexity index is 705. The van der Waals surface area contributed by atoms with E-state index in [0.717, 1.165) is 31.2 Å². The summed E-state index contributed by atoms with van der Waals surface area (Å²) < 4.78 is 21.5. The third-order valence-corrected chi connectivity index (χ3v) is 4.45. The number of nitrogens with zero attached hydrogens (tertiary/aromatic N) is 2. The summed E-state index contributed by atoms with van der Waals surface area (Å²) in [6, 6.07) is 3.89. The maximum atomic E-state index is 13.7. The number of rotatable bonds is 6. The second-order valence-corrected chi connectivity index (χ2v) is 5.83. The van der Waals surface area contributed by atoms with Crippen LogP contribution in [0.2, 0.25) is 0 Å². The molecule has 1 fully saturated rings. The molecule has 0 spiro atoms. The zero-order chi connectivity index (χ0) is 15.0. The van der Waals surface area contributed by atoms with E-state index >= 15 is 0 Å².